The third kappa shape index (κ3) is 5.37. The number of fused-ring (bicyclic) bond motifs is 1. The van der Waals surface area contributed by atoms with Crippen LogP contribution in [0.4, 0.5) is 0 Å². The predicted octanol–water partition coefficient (Wildman–Crippen LogP) is 5.95. The topological polar surface area (TPSA) is 60.7 Å². The van der Waals surface area contributed by atoms with Crippen molar-refractivity contribution in [2.45, 2.75) is 110 Å². The van der Waals surface area contributed by atoms with Crippen LogP contribution in [0.5, 0.6) is 0 Å². The molecule has 0 spiro atoms. The van der Waals surface area contributed by atoms with Crippen LogP contribution in [-0.4, -0.2) is 33.1 Å². The highest BCUT2D eigenvalue weighted by Crippen LogP contribution is 2.60. The van der Waals surface area contributed by atoms with Gasteiger partial charge in [0.2, 0.25) is 0 Å². The number of rotatable bonds is 6. The van der Waals surface area contributed by atoms with Crippen molar-refractivity contribution in [2.75, 3.05) is 0 Å². The average molecular weight is 431 g/mol. The van der Waals surface area contributed by atoms with E-state index in [1.54, 1.807) is 5.57 Å². The van der Waals surface area contributed by atoms with Gasteiger partial charge in [0, 0.05) is 5.92 Å². The zero-order chi connectivity index (χ0) is 23.0. The standard InChI is InChI=1S/C28H46O3/c1-18(9-7-15-27(4,5)31)23-13-14-24-21(10-8-16-28(23,24)6)11-12-22-17-25(29)20(3)26(30)19(22)2/h11-12,18,20,23-26,29-31H,2,7-10,13-17H2,1,3-6H3/b21-11?,22-12-/t18-,20-,23-,24?,25-,26+,28-/m1/s1. The normalized spacial score (nSPS) is 40.4. The molecule has 3 fully saturated rings. The molecule has 0 aromatic heterocycles. The third-order valence-electron chi connectivity index (χ3n) is 8.97. The lowest BCUT2D eigenvalue weighted by atomic mass is 9.60. The van der Waals surface area contributed by atoms with Crippen molar-refractivity contribution in [3.05, 3.63) is 35.5 Å². The molecule has 3 aliphatic rings. The Morgan fingerprint density at radius 1 is 1.23 bits per heavy atom. The summed E-state index contributed by atoms with van der Waals surface area (Å²) < 4.78 is 0. The smallest absolute Gasteiger partial charge is 0.0837 e. The van der Waals surface area contributed by atoms with Gasteiger partial charge in [-0.15, -0.1) is 0 Å². The van der Waals surface area contributed by atoms with Crippen molar-refractivity contribution < 1.29 is 15.3 Å². The maximum atomic E-state index is 10.4. The van der Waals surface area contributed by atoms with Crippen molar-refractivity contribution in [1.82, 2.24) is 0 Å². The van der Waals surface area contributed by atoms with E-state index < -0.39 is 17.8 Å². The Hall–Kier alpha value is -0.900. The second kappa shape index (κ2) is 9.53. The van der Waals surface area contributed by atoms with Gasteiger partial charge in [-0.1, -0.05) is 57.9 Å². The van der Waals surface area contributed by atoms with Crippen LogP contribution in [0.25, 0.3) is 0 Å². The monoisotopic (exact) mass is 430 g/mol. The van der Waals surface area contributed by atoms with Gasteiger partial charge in [0.05, 0.1) is 17.8 Å². The van der Waals surface area contributed by atoms with Crippen molar-refractivity contribution in [2.24, 2.45) is 29.1 Å². The fourth-order valence-electron chi connectivity index (χ4n) is 6.91. The molecule has 0 bridgehead atoms. The minimum atomic E-state index is -0.648. The molecule has 0 saturated heterocycles. The van der Waals surface area contributed by atoms with E-state index >= 15 is 0 Å². The maximum absolute atomic E-state index is 10.4. The van der Waals surface area contributed by atoms with Gasteiger partial charge in [-0.2, -0.15) is 0 Å². The third-order valence-corrected chi connectivity index (χ3v) is 8.97. The average Bonchev–Trinajstić information content (AvgIpc) is 3.04. The van der Waals surface area contributed by atoms with Gasteiger partial charge in [0.1, 0.15) is 0 Å². The van der Waals surface area contributed by atoms with Crippen LogP contribution >= 0.6 is 0 Å². The fraction of sp³-hybridized carbons (Fsp3) is 0.786. The molecule has 3 N–H and O–H groups in total. The molecule has 3 rings (SSSR count). The zero-order valence-electron chi connectivity index (χ0n) is 20.5. The molecule has 1 unspecified atom stereocenters. The minimum Gasteiger partial charge on any atom is -0.392 e. The van der Waals surface area contributed by atoms with E-state index in [0.717, 1.165) is 36.3 Å². The molecule has 0 aromatic carbocycles. The van der Waals surface area contributed by atoms with Crippen molar-refractivity contribution >= 4 is 0 Å². The first-order chi connectivity index (χ1) is 14.4. The molecule has 3 aliphatic carbocycles. The SMILES string of the molecule is C=C1/C(=C\C=C2CCC[C@@]3(C)C2CC[C@@H]3[C@H](C)CCCC(C)(C)O)C[C@@H](O)[C@@H](C)[C@H]1O. The molecule has 0 amide bonds. The Balaban J connectivity index is 1.71. The number of aliphatic hydroxyl groups excluding tert-OH is 2. The maximum Gasteiger partial charge on any atom is 0.0837 e. The van der Waals surface area contributed by atoms with Gasteiger partial charge >= 0.3 is 0 Å². The van der Waals surface area contributed by atoms with Gasteiger partial charge in [0.25, 0.3) is 0 Å². The summed E-state index contributed by atoms with van der Waals surface area (Å²) in [6.45, 7) is 14.8. The second-order valence-corrected chi connectivity index (χ2v) is 11.8. The van der Waals surface area contributed by atoms with Crippen LogP contribution in [0.3, 0.4) is 0 Å². The van der Waals surface area contributed by atoms with Crippen LogP contribution in [0, 0.1) is 29.1 Å². The number of hydrogen-bond donors (Lipinski definition) is 3. The van der Waals surface area contributed by atoms with E-state index in [2.05, 4.69) is 32.6 Å². The van der Waals surface area contributed by atoms with E-state index in [0.29, 0.717) is 23.7 Å². The number of allylic oxidation sites excluding steroid dienone is 3. The minimum absolute atomic E-state index is 0.149. The van der Waals surface area contributed by atoms with Gasteiger partial charge in [-0.3, -0.25) is 0 Å². The van der Waals surface area contributed by atoms with E-state index in [1.165, 1.54) is 32.1 Å². The first-order valence-electron chi connectivity index (χ1n) is 12.6. The van der Waals surface area contributed by atoms with Crippen LogP contribution in [-0.2, 0) is 0 Å². The van der Waals surface area contributed by atoms with Gasteiger partial charge in [0.15, 0.2) is 0 Å². The lowest BCUT2D eigenvalue weighted by Gasteiger charge is -2.44. The van der Waals surface area contributed by atoms with E-state index in [9.17, 15) is 15.3 Å². The van der Waals surface area contributed by atoms with Crippen molar-refractivity contribution in [3.63, 3.8) is 0 Å². The van der Waals surface area contributed by atoms with Crippen LogP contribution in [0.1, 0.15) is 92.4 Å². The summed E-state index contributed by atoms with van der Waals surface area (Å²) in [5.41, 5.74) is 3.15. The van der Waals surface area contributed by atoms with E-state index in [1.807, 2.05) is 20.8 Å². The van der Waals surface area contributed by atoms with Crippen molar-refractivity contribution in [3.8, 4) is 0 Å². The number of hydrogen-bond acceptors (Lipinski definition) is 3. The molecule has 0 aliphatic heterocycles. The van der Waals surface area contributed by atoms with Crippen LogP contribution in [0.15, 0.2) is 35.5 Å². The molecule has 0 heterocycles. The highest BCUT2D eigenvalue weighted by Gasteiger charge is 2.50. The summed E-state index contributed by atoms with van der Waals surface area (Å²) >= 11 is 0. The van der Waals surface area contributed by atoms with Crippen molar-refractivity contribution in [1.29, 1.82) is 0 Å². The first-order valence-corrected chi connectivity index (χ1v) is 12.6. The van der Waals surface area contributed by atoms with Crippen LogP contribution in [0.2, 0.25) is 0 Å². The van der Waals surface area contributed by atoms with Gasteiger partial charge in [-0.05, 0) is 93.1 Å². The summed E-state index contributed by atoms with van der Waals surface area (Å²) in [4.78, 5) is 0. The summed E-state index contributed by atoms with van der Waals surface area (Å²) in [6, 6.07) is 0. The Labute approximate surface area is 190 Å². The Kier molecular flexibility index (Phi) is 7.61. The molecule has 176 valence electrons. The van der Waals surface area contributed by atoms with Gasteiger partial charge < -0.3 is 15.3 Å². The zero-order valence-corrected chi connectivity index (χ0v) is 20.5. The first kappa shape index (κ1) is 24.7. The quantitative estimate of drug-likeness (QED) is 0.488. The molecule has 7 atom stereocenters. The largest absolute Gasteiger partial charge is 0.392 e. The molecule has 3 heteroatoms. The Morgan fingerprint density at radius 3 is 2.61 bits per heavy atom. The Morgan fingerprint density at radius 2 is 1.94 bits per heavy atom. The van der Waals surface area contributed by atoms with Gasteiger partial charge in [-0.25, -0.2) is 0 Å². The molecule has 0 aromatic rings. The molecule has 0 radical (unpaired) electrons. The number of aliphatic hydroxyl groups is 3. The summed E-state index contributed by atoms with van der Waals surface area (Å²) in [5, 5.41) is 30.7. The summed E-state index contributed by atoms with van der Waals surface area (Å²) in [5.74, 6) is 1.94. The second-order valence-electron chi connectivity index (χ2n) is 11.8. The summed E-state index contributed by atoms with van der Waals surface area (Å²) in [7, 11) is 0. The highest BCUT2D eigenvalue weighted by molar-refractivity contribution is 5.39. The lowest BCUT2D eigenvalue weighted by Crippen LogP contribution is -2.36. The van der Waals surface area contributed by atoms with Crippen LogP contribution < -0.4 is 0 Å². The van der Waals surface area contributed by atoms with E-state index in [-0.39, 0.29) is 5.92 Å². The lowest BCUT2D eigenvalue weighted by molar-refractivity contribution is 0.0283. The Bertz CT molecular complexity index is 712. The molecule has 3 nitrogen and oxygen atoms in total. The molecular formula is C28H46O3. The van der Waals surface area contributed by atoms with E-state index in [4.69, 9.17) is 0 Å². The molecule has 31 heavy (non-hydrogen) atoms. The fourth-order valence-corrected chi connectivity index (χ4v) is 6.91. The highest BCUT2D eigenvalue weighted by atomic mass is 16.3. The molecular weight excluding hydrogens is 384 g/mol. The summed E-state index contributed by atoms with van der Waals surface area (Å²) in [6.07, 6.45) is 13.4. The predicted molar refractivity (Wildman–Crippen MR) is 129 cm³/mol. The molecule has 3 saturated carbocycles.